The van der Waals surface area contributed by atoms with Crippen LogP contribution in [0.2, 0.25) is 0 Å². The summed E-state index contributed by atoms with van der Waals surface area (Å²) in [6, 6.07) is 10.3. The Morgan fingerprint density at radius 1 is 1.14 bits per heavy atom. The maximum Gasteiger partial charge on any atom is 0.264 e. The predicted octanol–water partition coefficient (Wildman–Crippen LogP) is 3.30. The van der Waals surface area contributed by atoms with E-state index >= 15 is 0 Å². The molecule has 1 aliphatic rings. The monoisotopic (exact) mass is 312 g/mol. The summed E-state index contributed by atoms with van der Waals surface area (Å²) < 4.78 is 33.4. The van der Waals surface area contributed by atoms with Crippen LogP contribution < -0.4 is 0 Å². The lowest BCUT2D eigenvalue weighted by Crippen LogP contribution is -2.28. The van der Waals surface area contributed by atoms with E-state index in [1.165, 1.54) is 5.56 Å². The normalized spacial score (nSPS) is 24.7. The highest BCUT2D eigenvalue weighted by atomic mass is 32.2. The second-order valence-corrected chi connectivity index (χ2v) is 7.22. The molecule has 1 aromatic carbocycles. The SMILES string of the molecule is CCOC(c1ccccc1)C1CCC(OS(C)(=O)=O)CC1. The van der Waals surface area contributed by atoms with Crippen molar-refractivity contribution in [3.63, 3.8) is 0 Å². The minimum atomic E-state index is -3.36. The zero-order valence-corrected chi connectivity index (χ0v) is 13.5. The van der Waals surface area contributed by atoms with E-state index in [1.807, 2.05) is 25.1 Å². The molecule has 1 aliphatic carbocycles. The summed E-state index contributed by atoms with van der Waals surface area (Å²) in [5, 5.41) is 0. The van der Waals surface area contributed by atoms with E-state index < -0.39 is 10.1 Å². The van der Waals surface area contributed by atoms with Gasteiger partial charge in [0.15, 0.2) is 0 Å². The van der Waals surface area contributed by atoms with Gasteiger partial charge in [-0.25, -0.2) is 0 Å². The summed E-state index contributed by atoms with van der Waals surface area (Å²) in [6.07, 6.45) is 4.44. The van der Waals surface area contributed by atoms with E-state index in [-0.39, 0.29) is 12.2 Å². The van der Waals surface area contributed by atoms with Gasteiger partial charge in [-0.2, -0.15) is 8.42 Å². The van der Waals surface area contributed by atoms with Crippen LogP contribution in [0, 0.1) is 5.92 Å². The van der Waals surface area contributed by atoms with Crippen LogP contribution in [0.3, 0.4) is 0 Å². The smallest absolute Gasteiger partial charge is 0.264 e. The van der Waals surface area contributed by atoms with Crippen LogP contribution in [-0.4, -0.2) is 27.4 Å². The molecule has 1 saturated carbocycles. The van der Waals surface area contributed by atoms with Gasteiger partial charge in [-0.05, 0) is 44.1 Å². The molecular formula is C16H24O4S. The maximum atomic E-state index is 11.2. The van der Waals surface area contributed by atoms with Gasteiger partial charge in [0.05, 0.1) is 18.5 Å². The minimum absolute atomic E-state index is 0.0929. The van der Waals surface area contributed by atoms with Gasteiger partial charge in [0.2, 0.25) is 0 Å². The predicted molar refractivity (Wildman–Crippen MR) is 82.5 cm³/mol. The average Bonchev–Trinajstić information content (AvgIpc) is 2.45. The Kier molecular flexibility index (Phi) is 5.79. The number of benzene rings is 1. The van der Waals surface area contributed by atoms with Crippen LogP contribution >= 0.6 is 0 Å². The fourth-order valence-corrected chi connectivity index (χ4v) is 3.75. The van der Waals surface area contributed by atoms with Gasteiger partial charge < -0.3 is 4.74 Å². The van der Waals surface area contributed by atoms with Crippen molar-refractivity contribution < 1.29 is 17.3 Å². The molecule has 0 saturated heterocycles. The lowest BCUT2D eigenvalue weighted by atomic mass is 9.81. The van der Waals surface area contributed by atoms with Crippen molar-refractivity contribution in [3.8, 4) is 0 Å². The second kappa shape index (κ2) is 7.38. The third kappa shape index (κ3) is 5.09. The molecule has 0 bridgehead atoms. The lowest BCUT2D eigenvalue weighted by molar-refractivity contribution is -0.00693. The van der Waals surface area contributed by atoms with Gasteiger partial charge >= 0.3 is 0 Å². The van der Waals surface area contributed by atoms with Crippen LogP contribution in [0.25, 0.3) is 0 Å². The Bertz CT molecular complexity index is 518. The zero-order chi connectivity index (χ0) is 15.3. The van der Waals surface area contributed by atoms with Gasteiger partial charge in [0.1, 0.15) is 0 Å². The standard InChI is InChI=1S/C16H24O4S/c1-3-19-16(13-7-5-4-6-8-13)14-9-11-15(12-10-14)20-21(2,17)18/h4-8,14-16H,3,9-12H2,1-2H3. The molecule has 5 heteroatoms. The molecule has 1 fully saturated rings. The molecule has 0 aliphatic heterocycles. The molecule has 4 nitrogen and oxygen atoms in total. The Morgan fingerprint density at radius 3 is 2.29 bits per heavy atom. The first kappa shape index (κ1) is 16.5. The molecule has 0 N–H and O–H groups in total. The van der Waals surface area contributed by atoms with Crippen LogP contribution in [0.1, 0.15) is 44.3 Å². The summed E-state index contributed by atoms with van der Waals surface area (Å²) in [5.74, 6) is 0.423. The fourth-order valence-electron chi connectivity index (χ4n) is 3.06. The van der Waals surface area contributed by atoms with Gasteiger partial charge in [-0.15, -0.1) is 0 Å². The van der Waals surface area contributed by atoms with Gasteiger partial charge in [0.25, 0.3) is 10.1 Å². The molecule has 1 atom stereocenters. The van der Waals surface area contributed by atoms with Crippen molar-refractivity contribution >= 4 is 10.1 Å². The number of ether oxygens (including phenoxy) is 1. The first-order chi connectivity index (χ1) is 9.99. The van der Waals surface area contributed by atoms with Crippen molar-refractivity contribution in [2.75, 3.05) is 12.9 Å². The number of rotatable bonds is 6. The summed E-state index contributed by atoms with van der Waals surface area (Å²) in [6.45, 7) is 2.69. The number of hydrogen-bond donors (Lipinski definition) is 0. The molecule has 1 unspecified atom stereocenters. The van der Waals surface area contributed by atoms with Gasteiger partial charge in [-0.1, -0.05) is 30.3 Å². The third-order valence-electron chi connectivity index (χ3n) is 3.93. The summed E-state index contributed by atoms with van der Waals surface area (Å²) in [4.78, 5) is 0. The lowest BCUT2D eigenvalue weighted by Gasteiger charge is -2.33. The van der Waals surface area contributed by atoms with E-state index in [9.17, 15) is 8.42 Å². The largest absolute Gasteiger partial charge is 0.374 e. The van der Waals surface area contributed by atoms with Crippen LogP contribution in [-0.2, 0) is 19.0 Å². The molecule has 21 heavy (non-hydrogen) atoms. The summed E-state index contributed by atoms with van der Waals surface area (Å²) in [5.41, 5.74) is 1.20. The summed E-state index contributed by atoms with van der Waals surface area (Å²) >= 11 is 0. The molecule has 0 amide bonds. The van der Waals surface area contributed by atoms with Crippen molar-refractivity contribution in [2.24, 2.45) is 5.92 Å². The highest BCUT2D eigenvalue weighted by molar-refractivity contribution is 7.86. The summed E-state index contributed by atoms with van der Waals surface area (Å²) in [7, 11) is -3.36. The zero-order valence-electron chi connectivity index (χ0n) is 12.7. The van der Waals surface area contributed by atoms with E-state index in [1.54, 1.807) is 0 Å². The molecule has 0 aromatic heterocycles. The molecule has 2 rings (SSSR count). The van der Waals surface area contributed by atoms with Crippen molar-refractivity contribution in [3.05, 3.63) is 35.9 Å². The van der Waals surface area contributed by atoms with E-state index in [2.05, 4.69) is 12.1 Å². The van der Waals surface area contributed by atoms with Crippen LogP contribution in [0.4, 0.5) is 0 Å². The van der Waals surface area contributed by atoms with E-state index in [4.69, 9.17) is 8.92 Å². The van der Waals surface area contributed by atoms with Crippen molar-refractivity contribution in [1.29, 1.82) is 0 Å². The number of hydrogen-bond acceptors (Lipinski definition) is 4. The van der Waals surface area contributed by atoms with Crippen molar-refractivity contribution in [1.82, 2.24) is 0 Å². The highest BCUT2D eigenvalue weighted by Gasteiger charge is 2.30. The third-order valence-corrected chi connectivity index (χ3v) is 4.55. The highest BCUT2D eigenvalue weighted by Crippen LogP contribution is 2.37. The average molecular weight is 312 g/mol. The Morgan fingerprint density at radius 2 is 1.76 bits per heavy atom. The molecule has 1 aromatic rings. The second-order valence-electron chi connectivity index (χ2n) is 5.62. The molecular weight excluding hydrogens is 288 g/mol. The quantitative estimate of drug-likeness (QED) is 0.756. The van der Waals surface area contributed by atoms with Gasteiger partial charge in [0, 0.05) is 6.61 Å². The maximum absolute atomic E-state index is 11.2. The molecule has 0 radical (unpaired) electrons. The Labute approximate surface area is 127 Å². The van der Waals surface area contributed by atoms with E-state index in [0.717, 1.165) is 31.9 Å². The van der Waals surface area contributed by atoms with Crippen LogP contribution in [0.5, 0.6) is 0 Å². The molecule has 0 heterocycles. The topological polar surface area (TPSA) is 52.6 Å². The fraction of sp³-hybridized carbons (Fsp3) is 0.625. The van der Waals surface area contributed by atoms with Gasteiger partial charge in [-0.3, -0.25) is 4.18 Å². The van der Waals surface area contributed by atoms with Crippen molar-refractivity contribution in [2.45, 2.75) is 44.8 Å². The first-order valence-corrected chi connectivity index (χ1v) is 9.36. The molecule has 118 valence electrons. The Balaban J connectivity index is 1.98. The first-order valence-electron chi connectivity index (χ1n) is 7.54. The molecule has 0 spiro atoms. The van der Waals surface area contributed by atoms with E-state index in [0.29, 0.717) is 12.5 Å². The minimum Gasteiger partial charge on any atom is -0.374 e. The van der Waals surface area contributed by atoms with Crippen LogP contribution in [0.15, 0.2) is 30.3 Å². The Hall–Kier alpha value is -0.910.